The summed E-state index contributed by atoms with van der Waals surface area (Å²) in [6, 6.07) is 11.1. The number of benzene rings is 2. The summed E-state index contributed by atoms with van der Waals surface area (Å²) < 4.78 is 1.69. The summed E-state index contributed by atoms with van der Waals surface area (Å²) in [5.41, 5.74) is 2.91. The van der Waals surface area contributed by atoms with E-state index in [0.717, 1.165) is 64.6 Å². The minimum atomic E-state index is -0.330. The van der Waals surface area contributed by atoms with Crippen molar-refractivity contribution in [3.63, 3.8) is 0 Å². The highest BCUT2D eigenvalue weighted by atomic mass is 16.3. The van der Waals surface area contributed by atoms with Gasteiger partial charge in [0.1, 0.15) is 11.5 Å². The van der Waals surface area contributed by atoms with Crippen LogP contribution in [-0.2, 0) is 0 Å². The second-order valence-electron chi connectivity index (χ2n) is 11.5. The molecule has 3 aromatic rings. The lowest BCUT2D eigenvalue weighted by Gasteiger charge is -2.34. The van der Waals surface area contributed by atoms with Crippen LogP contribution in [0.4, 0.5) is 5.69 Å². The van der Waals surface area contributed by atoms with Crippen molar-refractivity contribution in [1.82, 2.24) is 34.8 Å². The topological polar surface area (TPSA) is 113 Å². The van der Waals surface area contributed by atoms with E-state index in [1.54, 1.807) is 10.6 Å². The van der Waals surface area contributed by atoms with Gasteiger partial charge in [0.2, 0.25) is 5.82 Å². The summed E-state index contributed by atoms with van der Waals surface area (Å²) in [7, 11) is 4.26. The number of nitrogens with one attached hydrogen (secondary N) is 1. The highest BCUT2D eigenvalue weighted by Crippen LogP contribution is 2.38. The number of nitrogens with zero attached hydrogens (tertiary/aromatic N) is 7. The number of carbonyl (C=O) groups excluding carboxylic acids is 1. The summed E-state index contributed by atoms with van der Waals surface area (Å²) in [5, 5.41) is 33.0. The monoisotopic (exact) mass is 592 g/mol. The standard InChI is InChI=1S/C30H42N8O3.C2H6/c1-21(2)24-19-25(27(40)20-26(24)39)28-32-33-29(30(41)31-9-10-36-15-11-34(3)12-16-36)38(28)23-7-5-22(6-8-23)37-17-13-35(4)14-18-37;1-2/h5-8,19-21,39-40H,9-18H2,1-4H3,(H,31,41);1-2H3. The fourth-order valence-corrected chi connectivity index (χ4v) is 5.44. The van der Waals surface area contributed by atoms with E-state index in [9.17, 15) is 15.0 Å². The van der Waals surface area contributed by atoms with Crippen LogP contribution < -0.4 is 10.2 Å². The number of rotatable bonds is 8. The second-order valence-corrected chi connectivity index (χ2v) is 11.5. The Balaban J connectivity index is 0.00000207. The smallest absolute Gasteiger partial charge is 0.289 e. The molecule has 5 rings (SSSR count). The average molecular weight is 593 g/mol. The number of likely N-dealkylation sites (N-methyl/N-ethyl adjacent to an activating group) is 2. The molecule has 0 bridgehead atoms. The molecule has 43 heavy (non-hydrogen) atoms. The van der Waals surface area contributed by atoms with Crippen LogP contribution in [-0.4, -0.2) is 125 Å². The van der Waals surface area contributed by atoms with Gasteiger partial charge in [0.15, 0.2) is 5.82 Å². The molecule has 0 aliphatic carbocycles. The fraction of sp³-hybridized carbons (Fsp3) is 0.531. The number of anilines is 1. The highest BCUT2D eigenvalue weighted by molar-refractivity contribution is 5.92. The lowest BCUT2D eigenvalue weighted by atomic mass is 9.98. The SMILES string of the molecule is CC.CC(C)c1cc(-c2nnc(C(=O)NCCN3CCN(C)CC3)n2-c2ccc(N3CCN(C)CC3)cc2)c(O)cc1O. The van der Waals surface area contributed by atoms with Crippen molar-refractivity contribution in [2.45, 2.75) is 33.6 Å². The Morgan fingerprint density at radius 3 is 2.02 bits per heavy atom. The van der Waals surface area contributed by atoms with Crippen LogP contribution in [0.15, 0.2) is 36.4 Å². The third-order valence-corrected chi connectivity index (χ3v) is 8.16. The van der Waals surface area contributed by atoms with Crippen molar-refractivity contribution in [3.8, 4) is 28.6 Å². The molecule has 0 atom stereocenters. The fourth-order valence-electron chi connectivity index (χ4n) is 5.44. The van der Waals surface area contributed by atoms with E-state index in [2.05, 4.69) is 61.3 Å². The van der Waals surface area contributed by atoms with Gasteiger partial charge in [0.25, 0.3) is 5.91 Å². The zero-order valence-corrected chi connectivity index (χ0v) is 26.5. The van der Waals surface area contributed by atoms with Crippen molar-refractivity contribution in [2.24, 2.45) is 0 Å². The molecule has 234 valence electrons. The third-order valence-electron chi connectivity index (χ3n) is 8.16. The van der Waals surface area contributed by atoms with Gasteiger partial charge in [-0.15, -0.1) is 10.2 Å². The summed E-state index contributed by atoms with van der Waals surface area (Å²) in [5.74, 6) is 0.0573. The molecular formula is C32H48N8O3. The second kappa shape index (κ2) is 14.7. The van der Waals surface area contributed by atoms with Gasteiger partial charge in [0, 0.05) is 82.9 Å². The van der Waals surface area contributed by atoms with Crippen LogP contribution in [0.5, 0.6) is 11.5 Å². The first kappa shape index (κ1) is 32.2. The molecular weight excluding hydrogens is 544 g/mol. The van der Waals surface area contributed by atoms with Gasteiger partial charge < -0.3 is 30.2 Å². The number of hydrogen-bond donors (Lipinski definition) is 3. The van der Waals surface area contributed by atoms with Crippen LogP contribution in [0.1, 0.15) is 49.8 Å². The van der Waals surface area contributed by atoms with Crippen LogP contribution in [0, 0.1) is 0 Å². The van der Waals surface area contributed by atoms with E-state index in [1.807, 2.05) is 39.8 Å². The molecule has 1 amide bonds. The number of amides is 1. The predicted octanol–water partition coefficient (Wildman–Crippen LogP) is 3.22. The molecule has 2 aliphatic heterocycles. The molecule has 2 saturated heterocycles. The summed E-state index contributed by atoms with van der Waals surface area (Å²) in [4.78, 5) is 22.8. The molecule has 0 saturated carbocycles. The van der Waals surface area contributed by atoms with Crippen molar-refractivity contribution < 1.29 is 15.0 Å². The Morgan fingerprint density at radius 2 is 1.42 bits per heavy atom. The highest BCUT2D eigenvalue weighted by Gasteiger charge is 2.25. The van der Waals surface area contributed by atoms with Crippen molar-refractivity contribution in [3.05, 3.63) is 47.8 Å². The maximum absolute atomic E-state index is 13.5. The molecule has 3 N–H and O–H groups in total. The molecule has 1 aromatic heterocycles. The third kappa shape index (κ3) is 7.65. The number of carbonyl (C=O) groups is 1. The maximum Gasteiger partial charge on any atom is 0.289 e. The summed E-state index contributed by atoms with van der Waals surface area (Å²) in [6.45, 7) is 17.1. The van der Waals surface area contributed by atoms with E-state index in [4.69, 9.17) is 0 Å². The molecule has 2 aromatic carbocycles. The van der Waals surface area contributed by atoms with Crippen molar-refractivity contribution >= 4 is 11.6 Å². The zero-order chi connectivity index (χ0) is 31.1. The van der Waals surface area contributed by atoms with E-state index in [-0.39, 0.29) is 29.1 Å². The van der Waals surface area contributed by atoms with Gasteiger partial charge in [-0.3, -0.25) is 14.3 Å². The van der Waals surface area contributed by atoms with Crippen LogP contribution >= 0.6 is 0 Å². The molecule has 11 nitrogen and oxygen atoms in total. The molecule has 0 spiro atoms. The normalized spacial score (nSPS) is 16.7. The van der Waals surface area contributed by atoms with Crippen LogP contribution in [0.3, 0.4) is 0 Å². The molecule has 11 heteroatoms. The van der Waals surface area contributed by atoms with Crippen LogP contribution in [0.2, 0.25) is 0 Å². The van der Waals surface area contributed by atoms with E-state index < -0.39 is 0 Å². The van der Waals surface area contributed by atoms with E-state index in [0.29, 0.717) is 29.2 Å². The quantitative estimate of drug-likeness (QED) is 0.363. The maximum atomic E-state index is 13.5. The lowest BCUT2D eigenvalue weighted by molar-refractivity contribution is 0.0928. The van der Waals surface area contributed by atoms with Gasteiger partial charge in [-0.05, 0) is 55.9 Å². The summed E-state index contributed by atoms with van der Waals surface area (Å²) >= 11 is 0. The summed E-state index contributed by atoms with van der Waals surface area (Å²) in [6.07, 6.45) is 0. The number of phenols is 2. The number of phenolic OH excluding ortho intramolecular Hbond substituents is 2. The van der Waals surface area contributed by atoms with Gasteiger partial charge in [0.05, 0.1) is 5.56 Å². The molecule has 0 unspecified atom stereocenters. The average Bonchev–Trinajstić information content (AvgIpc) is 3.44. The number of aromatic nitrogens is 3. The first-order chi connectivity index (χ1) is 20.7. The van der Waals surface area contributed by atoms with Gasteiger partial charge >= 0.3 is 0 Å². The zero-order valence-electron chi connectivity index (χ0n) is 26.5. The van der Waals surface area contributed by atoms with Gasteiger partial charge in [-0.2, -0.15) is 0 Å². The molecule has 2 fully saturated rings. The Kier molecular flexibility index (Phi) is 11.0. The van der Waals surface area contributed by atoms with Gasteiger partial charge in [-0.1, -0.05) is 27.7 Å². The van der Waals surface area contributed by atoms with E-state index >= 15 is 0 Å². The van der Waals surface area contributed by atoms with Crippen molar-refractivity contribution in [1.29, 1.82) is 0 Å². The Labute approximate surface area is 255 Å². The Hall–Kier alpha value is -3.67. The first-order valence-electron chi connectivity index (χ1n) is 15.5. The number of piperazine rings is 2. The van der Waals surface area contributed by atoms with Crippen LogP contribution in [0.25, 0.3) is 17.1 Å². The molecule has 0 radical (unpaired) electrons. The predicted molar refractivity (Wildman–Crippen MR) is 172 cm³/mol. The largest absolute Gasteiger partial charge is 0.508 e. The van der Waals surface area contributed by atoms with E-state index in [1.165, 1.54) is 6.07 Å². The minimum absolute atomic E-state index is 0.0192. The number of aromatic hydroxyl groups is 2. The van der Waals surface area contributed by atoms with Gasteiger partial charge in [-0.25, -0.2) is 0 Å². The lowest BCUT2D eigenvalue weighted by Crippen LogP contribution is -2.47. The minimum Gasteiger partial charge on any atom is -0.508 e. The molecule has 3 heterocycles. The molecule has 2 aliphatic rings. The number of hydrogen-bond acceptors (Lipinski definition) is 9. The Morgan fingerprint density at radius 1 is 0.837 bits per heavy atom. The van der Waals surface area contributed by atoms with Crippen molar-refractivity contribution in [2.75, 3.05) is 84.4 Å². The first-order valence-corrected chi connectivity index (χ1v) is 15.5. The Bertz CT molecular complexity index is 1340.